The van der Waals surface area contributed by atoms with Gasteiger partial charge in [-0.25, -0.2) is 16.8 Å². The quantitative estimate of drug-likeness (QED) is 0.284. The van der Waals surface area contributed by atoms with Gasteiger partial charge in [-0.3, -0.25) is 14.1 Å². The third kappa shape index (κ3) is 7.38. The highest BCUT2D eigenvalue weighted by Crippen LogP contribution is 2.36. The minimum atomic E-state index is -4.69. The molecule has 0 saturated carbocycles. The van der Waals surface area contributed by atoms with Gasteiger partial charge in [-0.05, 0) is 42.3 Å². The third-order valence-corrected chi connectivity index (χ3v) is 9.11. The van der Waals surface area contributed by atoms with Crippen molar-refractivity contribution in [3.63, 3.8) is 0 Å². The van der Waals surface area contributed by atoms with Crippen LogP contribution in [-0.2, 0) is 39.8 Å². The van der Waals surface area contributed by atoms with Crippen LogP contribution in [0.4, 0.5) is 24.5 Å². The standard InChI is InChI=1S/C22H21Cl3F3N5O4S2/c1-12-20(21(25)33(2)30-12)39(36,37)32-19-10-17(24)14(11-29)9-18(19)31-38(34,35)7-3-4-13-5-6-16(23)15(8-13)22(26,27)28/h3-6,8-10,31-32H,7,11,29H2,1-2H3. The second kappa shape index (κ2) is 11.6. The minimum Gasteiger partial charge on any atom is -0.326 e. The maximum Gasteiger partial charge on any atom is 0.417 e. The molecule has 0 fully saturated rings. The molecule has 0 saturated heterocycles. The van der Waals surface area contributed by atoms with Gasteiger partial charge in [-0.2, -0.15) is 18.3 Å². The van der Waals surface area contributed by atoms with Crippen LogP contribution in [0.3, 0.4) is 0 Å². The number of sulfonamides is 2. The fourth-order valence-corrected chi connectivity index (χ4v) is 6.66. The Labute approximate surface area is 237 Å². The van der Waals surface area contributed by atoms with Crippen LogP contribution in [0.2, 0.25) is 15.2 Å². The van der Waals surface area contributed by atoms with E-state index in [2.05, 4.69) is 14.5 Å². The fraction of sp³-hybridized carbons (Fsp3) is 0.227. The van der Waals surface area contributed by atoms with Crippen LogP contribution in [0.1, 0.15) is 22.4 Å². The number of alkyl halides is 3. The summed E-state index contributed by atoms with van der Waals surface area (Å²) in [5, 5.41) is 3.36. The predicted molar refractivity (Wildman–Crippen MR) is 146 cm³/mol. The van der Waals surface area contributed by atoms with Gasteiger partial charge in [-0.15, -0.1) is 0 Å². The Hall–Kier alpha value is -2.49. The molecule has 4 N–H and O–H groups in total. The highest BCUT2D eigenvalue weighted by atomic mass is 35.5. The Morgan fingerprint density at radius 1 is 1.03 bits per heavy atom. The van der Waals surface area contributed by atoms with Crippen molar-refractivity contribution in [2.45, 2.75) is 24.5 Å². The summed E-state index contributed by atoms with van der Waals surface area (Å²) >= 11 is 17.9. The Balaban J connectivity index is 1.91. The van der Waals surface area contributed by atoms with Crippen molar-refractivity contribution in [1.29, 1.82) is 0 Å². The SMILES string of the molecule is Cc1nn(C)c(Cl)c1S(=O)(=O)Nc1cc(Cl)c(CN)cc1NS(=O)(=O)CC=Cc1ccc(Cl)c(C(F)(F)F)c1. The molecule has 0 unspecified atom stereocenters. The van der Waals surface area contributed by atoms with Gasteiger partial charge in [0.1, 0.15) is 10.0 Å². The molecule has 3 aromatic rings. The van der Waals surface area contributed by atoms with E-state index in [0.717, 1.165) is 22.9 Å². The Kier molecular flexibility index (Phi) is 9.19. The number of rotatable bonds is 9. The average molecular weight is 647 g/mol. The summed E-state index contributed by atoms with van der Waals surface area (Å²) in [7, 11) is -7.09. The molecular formula is C22H21Cl3F3N5O4S2. The van der Waals surface area contributed by atoms with Gasteiger partial charge in [0.2, 0.25) is 10.0 Å². The topological polar surface area (TPSA) is 136 Å². The molecule has 212 valence electrons. The molecule has 1 heterocycles. The first-order valence-corrected chi connectivity index (χ1v) is 15.0. The smallest absolute Gasteiger partial charge is 0.326 e. The number of anilines is 2. The monoisotopic (exact) mass is 645 g/mol. The van der Waals surface area contributed by atoms with Crippen LogP contribution < -0.4 is 15.2 Å². The minimum absolute atomic E-state index is 0.0651. The average Bonchev–Trinajstić information content (AvgIpc) is 3.07. The molecular weight excluding hydrogens is 626 g/mol. The lowest BCUT2D eigenvalue weighted by molar-refractivity contribution is -0.137. The lowest BCUT2D eigenvalue weighted by Gasteiger charge is -2.16. The lowest BCUT2D eigenvalue weighted by Crippen LogP contribution is -2.20. The third-order valence-electron chi connectivity index (χ3n) is 5.21. The highest BCUT2D eigenvalue weighted by molar-refractivity contribution is 7.93. The van der Waals surface area contributed by atoms with E-state index in [1.54, 1.807) is 0 Å². The van der Waals surface area contributed by atoms with Crippen LogP contribution in [0.5, 0.6) is 0 Å². The number of hydrogen-bond donors (Lipinski definition) is 3. The van der Waals surface area contributed by atoms with Crippen molar-refractivity contribution in [2.24, 2.45) is 12.8 Å². The van der Waals surface area contributed by atoms with Gasteiger partial charge in [0.05, 0.1) is 33.4 Å². The molecule has 0 amide bonds. The van der Waals surface area contributed by atoms with E-state index in [1.165, 1.54) is 38.2 Å². The summed E-state index contributed by atoms with van der Waals surface area (Å²) in [5.41, 5.74) is 4.65. The molecule has 0 aliphatic rings. The fourth-order valence-electron chi connectivity index (χ4n) is 3.44. The number of aryl methyl sites for hydroxylation is 2. The number of nitrogens with one attached hydrogen (secondary N) is 2. The highest BCUT2D eigenvalue weighted by Gasteiger charge is 2.33. The van der Waals surface area contributed by atoms with Crippen molar-refractivity contribution >= 4 is 72.3 Å². The van der Waals surface area contributed by atoms with Crippen LogP contribution >= 0.6 is 34.8 Å². The molecule has 17 heteroatoms. The molecule has 3 rings (SSSR count). The summed E-state index contributed by atoms with van der Waals surface area (Å²) in [6.45, 7) is 1.34. The maximum absolute atomic E-state index is 13.1. The zero-order valence-electron chi connectivity index (χ0n) is 20.1. The zero-order valence-corrected chi connectivity index (χ0v) is 24.0. The van der Waals surface area contributed by atoms with Crippen LogP contribution in [-0.4, -0.2) is 32.4 Å². The van der Waals surface area contributed by atoms with Crippen LogP contribution in [0, 0.1) is 6.92 Å². The van der Waals surface area contributed by atoms with Crippen LogP contribution in [0.15, 0.2) is 41.3 Å². The Morgan fingerprint density at radius 2 is 1.67 bits per heavy atom. The van der Waals surface area contributed by atoms with E-state index in [4.69, 9.17) is 40.5 Å². The zero-order chi connectivity index (χ0) is 29.3. The first-order valence-electron chi connectivity index (χ1n) is 10.7. The molecule has 0 aliphatic carbocycles. The van der Waals surface area contributed by atoms with Crippen LogP contribution in [0.25, 0.3) is 6.08 Å². The van der Waals surface area contributed by atoms with Crippen molar-refractivity contribution in [1.82, 2.24) is 9.78 Å². The van der Waals surface area contributed by atoms with E-state index in [0.29, 0.717) is 5.56 Å². The number of nitrogens with zero attached hydrogens (tertiary/aromatic N) is 2. The van der Waals surface area contributed by atoms with E-state index < -0.39 is 42.6 Å². The largest absolute Gasteiger partial charge is 0.417 e. The normalized spacial score (nSPS) is 12.7. The Bertz CT molecular complexity index is 1660. The number of halogens is 6. The molecule has 2 aromatic carbocycles. The number of aromatic nitrogens is 2. The van der Waals surface area contributed by atoms with Crippen molar-refractivity contribution in [2.75, 3.05) is 15.2 Å². The molecule has 39 heavy (non-hydrogen) atoms. The molecule has 0 aliphatic heterocycles. The van der Waals surface area contributed by atoms with E-state index in [9.17, 15) is 30.0 Å². The molecule has 9 nitrogen and oxygen atoms in total. The second-order valence-electron chi connectivity index (χ2n) is 8.15. The predicted octanol–water partition coefficient (Wildman–Crippen LogP) is 5.42. The lowest BCUT2D eigenvalue weighted by atomic mass is 10.1. The molecule has 0 atom stereocenters. The number of hydrogen-bond acceptors (Lipinski definition) is 6. The maximum atomic E-state index is 13.1. The first-order chi connectivity index (χ1) is 17.9. The van der Waals surface area contributed by atoms with Crippen molar-refractivity contribution < 1.29 is 30.0 Å². The Morgan fingerprint density at radius 3 is 2.23 bits per heavy atom. The first kappa shape index (κ1) is 31.0. The summed E-state index contributed by atoms with van der Waals surface area (Å²) in [4.78, 5) is -0.316. The van der Waals surface area contributed by atoms with Gasteiger partial charge >= 0.3 is 6.18 Å². The molecule has 0 bridgehead atoms. The van der Waals surface area contributed by atoms with Gasteiger partial charge in [-0.1, -0.05) is 53.0 Å². The summed E-state index contributed by atoms with van der Waals surface area (Å²) in [5.74, 6) is -0.669. The van der Waals surface area contributed by atoms with Gasteiger partial charge in [0.25, 0.3) is 10.0 Å². The molecule has 1 aromatic heterocycles. The summed E-state index contributed by atoms with van der Waals surface area (Å²) < 4.78 is 96.8. The van der Waals surface area contributed by atoms with Crippen molar-refractivity contribution in [3.05, 3.63) is 74.0 Å². The second-order valence-corrected chi connectivity index (χ2v) is 12.7. The molecule has 0 radical (unpaired) electrons. The summed E-state index contributed by atoms with van der Waals surface area (Å²) in [6.07, 6.45) is -2.39. The summed E-state index contributed by atoms with van der Waals surface area (Å²) in [6, 6.07) is 5.56. The van der Waals surface area contributed by atoms with E-state index in [1.807, 2.05) is 0 Å². The number of benzene rings is 2. The molecule has 0 spiro atoms. The van der Waals surface area contributed by atoms with E-state index in [-0.39, 0.29) is 44.2 Å². The van der Waals surface area contributed by atoms with Gasteiger partial charge < -0.3 is 5.73 Å². The van der Waals surface area contributed by atoms with E-state index >= 15 is 0 Å². The van der Waals surface area contributed by atoms with Crippen molar-refractivity contribution in [3.8, 4) is 0 Å². The number of nitrogens with two attached hydrogens (primary N) is 1. The van der Waals surface area contributed by atoms with Gasteiger partial charge in [0, 0.05) is 18.6 Å². The van der Waals surface area contributed by atoms with Gasteiger partial charge in [0.15, 0.2) is 0 Å².